The molecule has 0 saturated heterocycles. The molecule has 86 valence electrons. The van der Waals surface area contributed by atoms with Crippen molar-refractivity contribution in [2.75, 3.05) is 0 Å². The minimum Gasteiger partial charge on any atom is -0.507 e. The molecule has 0 spiro atoms. The van der Waals surface area contributed by atoms with Gasteiger partial charge in [-0.25, -0.2) is 0 Å². The van der Waals surface area contributed by atoms with E-state index in [1.54, 1.807) is 26.0 Å². The second kappa shape index (κ2) is 4.88. The summed E-state index contributed by atoms with van der Waals surface area (Å²) in [5.41, 5.74) is 2.94. The van der Waals surface area contributed by atoms with Crippen molar-refractivity contribution in [2.24, 2.45) is 0 Å². The van der Waals surface area contributed by atoms with Crippen molar-refractivity contribution in [3.05, 3.63) is 47.6 Å². The maximum absolute atomic E-state index is 10.0. The van der Waals surface area contributed by atoms with Crippen LogP contribution in [0.1, 0.15) is 22.3 Å². The molecule has 0 aliphatic carbocycles. The summed E-state index contributed by atoms with van der Waals surface area (Å²) in [6.07, 6.45) is 4.53. The fourth-order valence-corrected chi connectivity index (χ4v) is 1.82. The summed E-state index contributed by atoms with van der Waals surface area (Å²) in [7, 11) is 0. The molecule has 2 N–H and O–H groups in total. The Morgan fingerprint density at radius 3 is 1.44 bits per heavy atom. The number of phenols is 2. The van der Waals surface area contributed by atoms with Crippen molar-refractivity contribution < 1.29 is 10.2 Å². The van der Waals surface area contributed by atoms with E-state index >= 15 is 0 Å². The van der Waals surface area contributed by atoms with Gasteiger partial charge in [0.15, 0.2) is 0 Å². The average molecular weight is 218 g/mol. The Kier molecular flexibility index (Phi) is 3.78. The van der Waals surface area contributed by atoms with Crippen LogP contribution < -0.4 is 0 Å². The van der Waals surface area contributed by atoms with Crippen LogP contribution in [0.2, 0.25) is 0 Å². The topological polar surface area (TPSA) is 40.5 Å². The highest BCUT2D eigenvalue weighted by molar-refractivity contribution is 5.58. The third-order valence-electron chi connectivity index (χ3n) is 2.91. The largest absolute Gasteiger partial charge is 0.507 e. The highest BCUT2D eigenvalue weighted by atomic mass is 16.3. The highest BCUT2D eigenvalue weighted by Crippen LogP contribution is 2.37. The average Bonchev–Trinajstić information content (AvgIpc) is 2.28. The van der Waals surface area contributed by atoms with E-state index < -0.39 is 0 Å². The van der Waals surface area contributed by atoms with Crippen LogP contribution in [0.15, 0.2) is 25.3 Å². The van der Waals surface area contributed by atoms with Crippen LogP contribution in [0.3, 0.4) is 0 Å². The normalized spacial score (nSPS) is 10.1. The van der Waals surface area contributed by atoms with Gasteiger partial charge in [0.25, 0.3) is 0 Å². The summed E-state index contributed by atoms with van der Waals surface area (Å²) in [5.74, 6) is 0.513. The molecule has 0 saturated carbocycles. The first-order valence-corrected chi connectivity index (χ1v) is 5.29. The molecule has 0 aliphatic rings. The molecule has 16 heavy (non-hydrogen) atoms. The first-order valence-electron chi connectivity index (χ1n) is 5.29. The molecule has 1 aromatic carbocycles. The van der Waals surface area contributed by atoms with Crippen LogP contribution in [0.4, 0.5) is 0 Å². The van der Waals surface area contributed by atoms with Crippen LogP contribution >= 0.6 is 0 Å². The van der Waals surface area contributed by atoms with Gasteiger partial charge in [-0.3, -0.25) is 0 Å². The molecule has 2 nitrogen and oxygen atoms in total. The van der Waals surface area contributed by atoms with Crippen molar-refractivity contribution >= 4 is 0 Å². The van der Waals surface area contributed by atoms with E-state index in [0.29, 0.717) is 12.8 Å². The molecule has 0 heterocycles. The fourth-order valence-electron chi connectivity index (χ4n) is 1.82. The maximum atomic E-state index is 10.0. The molecule has 1 rings (SSSR count). The monoisotopic (exact) mass is 218 g/mol. The minimum absolute atomic E-state index is 0.257. The number of aromatic hydroxyl groups is 2. The Morgan fingerprint density at radius 2 is 1.19 bits per heavy atom. The molecule has 0 aliphatic heterocycles. The van der Waals surface area contributed by atoms with Gasteiger partial charge in [0.1, 0.15) is 11.5 Å². The van der Waals surface area contributed by atoms with Crippen molar-refractivity contribution in [2.45, 2.75) is 26.7 Å². The van der Waals surface area contributed by atoms with Gasteiger partial charge in [-0.1, -0.05) is 12.2 Å². The Bertz CT molecular complexity index is 390. The first-order chi connectivity index (χ1) is 7.54. The van der Waals surface area contributed by atoms with Gasteiger partial charge in [-0.15, -0.1) is 13.2 Å². The van der Waals surface area contributed by atoms with Crippen molar-refractivity contribution in [3.63, 3.8) is 0 Å². The number of allylic oxidation sites excluding steroid dienone is 2. The van der Waals surface area contributed by atoms with Crippen LogP contribution in [-0.2, 0) is 12.8 Å². The summed E-state index contributed by atoms with van der Waals surface area (Å²) in [4.78, 5) is 0. The summed E-state index contributed by atoms with van der Waals surface area (Å²) in [6, 6.07) is 0. The Morgan fingerprint density at radius 1 is 0.875 bits per heavy atom. The zero-order valence-corrected chi connectivity index (χ0v) is 9.88. The number of hydrogen-bond donors (Lipinski definition) is 2. The third kappa shape index (κ3) is 1.96. The molecule has 0 radical (unpaired) electrons. The van der Waals surface area contributed by atoms with Crippen LogP contribution in [0, 0.1) is 13.8 Å². The molecule has 0 amide bonds. The van der Waals surface area contributed by atoms with Gasteiger partial charge >= 0.3 is 0 Å². The van der Waals surface area contributed by atoms with Gasteiger partial charge in [0.05, 0.1) is 0 Å². The molecule has 0 bridgehead atoms. The Labute approximate surface area is 96.6 Å². The Balaban J connectivity index is 3.53. The molecular weight excluding hydrogens is 200 g/mol. The number of rotatable bonds is 4. The van der Waals surface area contributed by atoms with E-state index in [4.69, 9.17) is 0 Å². The molecule has 0 unspecified atom stereocenters. The lowest BCUT2D eigenvalue weighted by atomic mass is 9.93. The standard InChI is InChI=1S/C14H18O2/c1-5-7-11-12(8-6-2)14(16)10(4)9(3)13(11)15/h5-6,15-16H,1-2,7-8H2,3-4H3. The van der Waals surface area contributed by atoms with Crippen molar-refractivity contribution in [1.82, 2.24) is 0 Å². The number of hydrogen-bond acceptors (Lipinski definition) is 2. The smallest absolute Gasteiger partial charge is 0.122 e. The third-order valence-corrected chi connectivity index (χ3v) is 2.91. The SMILES string of the molecule is C=CCc1c(O)c(C)c(C)c(O)c1CC=C. The molecule has 0 aromatic heterocycles. The number of benzene rings is 1. The van der Waals surface area contributed by atoms with Gasteiger partial charge in [-0.05, 0) is 37.8 Å². The highest BCUT2D eigenvalue weighted by Gasteiger charge is 2.17. The molecule has 0 atom stereocenters. The lowest BCUT2D eigenvalue weighted by Crippen LogP contribution is -1.98. The van der Waals surface area contributed by atoms with E-state index in [0.717, 1.165) is 22.3 Å². The molecule has 2 heteroatoms. The predicted octanol–water partition coefficient (Wildman–Crippen LogP) is 3.17. The second-order valence-corrected chi connectivity index (χ2v) is 3.89. The second-order valence-electron chi connectivity index (χ2n) is 3.89. The number of phenolic OH excluding ortho intramolecular Hbond substituents is 2. The first kappa shape index (κ1) is 12.4. The van der Waals surface area contributed by atoms with E-state index in [-0.39, 0.29) is 11.5 Å². The van der Waals surface area contributed by atoms with E-state index in [2.05, 4.69) is 13.2 Å². The van der Waals surface area contributed by atoms with Gasteiger partial charge in [0, 0.05) is 11.1 Å². The summed E-state index contributed by atoms with van der Waals surface area (Å²) >= 11 is 0. The lowest BCUT2D eigenvalue weighted by Gasteiger charge is -2.16. The minimum atomic E-state index is 0.257. The van der Waals surface area contributed by atoms with E-state index in [1.807, 2.05) is 0 Å². The summed E-state index contributed by atoms with van der Waals surface area (Å²) < 4.78 is 0. The van der Waals surface area contributed by atoms with Crippen LogP contribution in [-0.4, -0.2) is 10.2 Å². The van der Waals surface area contributed by atoms with Gasteiger partial charge < -0.3 is 10.2 Å². The summed E-state index contributed by atoms with van der Waals surface area (Å²) in [6.45, 7) is 10.9. The van der Waals surface area contributed by atoms with Crippen LogP contribution in [0.5, 0.6) is 11.5 Å². The van der Waals surface area contributed by atoms with Gasteiger partial charge in [-0.2, -0.15) is 0 Å². The molecular formula is C14H18O2. The predicted molar refractivity (Wildman–Crippen MR) is 67.0 cm³/mol. The Hall–Kier alpha value is -1.70. The van der Waals surface area contributed by atoms with E-state index in [9.17, 15) is 10.2 Å². The molecule has 1 aromatic rings. The summed E-state index contributed by atoms with van der Waals surface area (Å²) in [5, 5.41) is 20.1. The zero-order chi connectivity index (χ0) is 12.3. The lowest BCUT2D eigenvalue weighted by molar-refractivity contribution is 0.443. The van der Waals surface area contributed by atoms with E-state index in [1.165, 1.54) is 0 Å². The quantitative estimate of drug-likeness (QED) is 0.602. The molecule has 0 fully saturated rings. The van der Waals surface area contributed by atoms with Crippen molar-refractivity contribution in [1.29, 1.82) is 0 Å². The maximum Gasteiger partial charge on any atom is 0.122 e. The zero-order valence-electron chi connectivity index (χ0n) is 9.88. The van der Waals surface area contributed by atoms with Crippen molar-refractivity contribution in [3.8, 4) is 11.5 Å². The van der Waals surface area contributed by atoms with Crippen LogP contribution in [0.25, 0.3) is 0 Å². The van der Waals surface area contributed by atoms with Gasteiger partial charge in [0.2, 0.25) is 0 Å². The fraction of sp³-hybridized carbons (Fsp3) is 0.286.